The SMILES string of the molecule is CC(C)N1CC2CCCC(C1)C2N[C@H](C)c1ccco1. The highest BCUT2D eigenvalue weighted by Crippen LogP contribution is 2.36. The Hall–Kier alpha value is -0.800. The third kappa shape index (κ3) is 2.79. The second-order valence-electron chi connectivity index (χ2n) is 6.93. The molecule has 2 aliphatic rings. The number of nitrogens with zero attached hydrogens (tertiary/aromatic N) is 1. The first-order valence-corrected chi connectivity index (χ1v) is 8.18. The fraction of sp³-hybridized carbons (Fsp3) is 0.765. The van der Waals surface area contributed by atoms with Gasteiger partial charge in [0.25, 0.3) is 0 Å². The van der Waals surface area contributed by atoms with Gasteiger partial charge in [-0.3, -0.25) is 0 Å². The normalized spacial score (nSPS) is 32.5. The smallest absolute Gasteiger partial charge is 0.120 e. The maximum absolute atomic E-state index is 5.55. The van der Waals surface area contributed by atoms with Crippen LogP contribution in [0.1, 0.15) is 51.8 Å². The Morgan fingerprint density at radius 2 is 1.90 bits per heavy atom. The molecule has 1 aromatic heterocycles. The highest BCUT2D eigenvalue weighted by molar-refractivity contribution is 5.05. The molecule has 3 heteroatoms. The quantitative estimate of drug-likeness (QED) is 0.913. The summed E-state index contributed by atoms with van der Waals surface area (Å²) in [5, 5.41) is 3.86. The van der Waals surface area contributed by atoms with Crippen molar-refractivity contribution in [2.24, 2.45) is 11.8 Å². The third-order valence-electron chi connectivity index (χ3n) is 5.25. The Labute approximate surface area is 122 Å². The largest absolute Gasteiger partial charge is 0.468 e. The molecule has 3 atom stereocenters. The molecule has 2 fully saturated rings. The lowest BCUT2D eigenvalue weighted by atomic mass is 9.73. The van der Waals surface area contributed by atoms with Crippen LogP contribution in [0.2, 0.25) is 0 Å². The Morgan fingerprint density at radius 1 is 1.20 bits per heavy atom. The number of hydrogen-bond donors (Lipinski definition) is 1. The molecule has 0 radical (unpaired) electrons. The summed E-state index contributed by atoms with van der Waals surface area (Å²) in [4.78, 5) is 2.67. The number of piperidine rings is 1. The van der Waals surface area contributed by atoms with E-state index in [1.807, 2.05) is 6.07 Å². The first-order valence-electron chi connectivity index (χ1n) is 8.18. The molecule has 3 rings (SSSR count). The van der Waals surface area contributed by atoms with Crippen molar-refractivity contribution in [3.8, 4) is 0 Å². The summed E-state index contributed by atoms with van der Waals surface area (Å²) in [7, 11) is 0. The van der Waals surface area contributed by atoms with Crippen molar-refractivity contribution in [3.05, 3.63) is 24.2 Å². The van der Waals surface area contributed by atoms with Gasteiger partial charge in [0.2, 0.25) is 0 Å². The van der Waals surface area contributed by atoms with Crippen LogP contribution in [0.4, 0.5) is 0 Å². The highest BCUT2D eigenvalue weighted by Gasteiger charge is 2.40. The van der Waals surface area contributed by atoms with Crippen LogP contribution >= 0.6 is 0 Å². The number of rotatable bonds is 4. The molecular weight excluding hydrogens is 248 g/mol. The average molecular weight is 276 g/mol. The van der Waals surface area contributed by atoms with E-state index in [2.05, 4.69) is 37.1 Å². The van der Waals surface area contributed by atoms with Crippen molar-refractivity contribution < 1.29 is 4.42 Å². The first-order chi connectivity index (χ1) is 9.65. The number of furan rings is 1. The summed E-state index contributed by atoms with van der Waals surface area (Å²) in [5.74, 6) is 2.68. The Balaban J connectivity index is 1.67. The van der Waals surface area contributed by atoms with Gasteiger partial charge in [-0.15, -0.1) is 0 Å². The first kappa shape index (κ1) is 14.2. The van der Waals surface area contributed by atoms with Gasteiger partial charge in [0, 0.05) is 25.2 Å². The van der Waals surface area contributed by atoms with Crippen LogP contribution in [-0.4, -0.2) is 30.1 Å². The van der Waals surface area contributed by atoms with Crippen LogP contribution < -0.4 is 5.32 Å². The van der Waals surface area contributed by atoms with Gasteiger partial charge in [0.05, 0.1) is 12.3 Å². The second-order valence-corrected chi connectivity index (χ2v) is 6.93. The molecule has 0 spiro atoms. The van der Waals surface area contributed by atoms with E-state index >= 15 is 0 Å². The van der Waals surface area contributed by atoms with E-state index < -0.39 is 0 Å². The van der Waals surface area contributed by atoms with E-state index in [1.165, 1.54) is 32.4 Å². The van der Waals surface area contributed by atoms with E-state index in [1.54, 1.807) is 6.26 Å². The van der Waals surface area contributed by atoms with Gasteiger partial charge in [-0.25, -0.2) is 0 Å². The molecule has 0 amide bonds. The van der Waals surface area contributed by atoms with Gasteiger partial charge in [-0.05, 0) is 57.6 Å². The highest BCUT2D eigenvalue weighted by atomic mass is 16.3. The molecule has 1 aromatic rings. The molecule has 1 aliphatic carbocycles. The zero-order valence-electron chi connectivity index (χ0n) is 13.0. The van der Waals surface area contributed by atoms with Crippen LogP contribution in [0.15, 0.2) is 22.8 Å². The van der Waals surface area contributed by atoms with Gasteiger partial charge in [0.1, 0.15) is 5.76 Å². The van der Waals surface area contributed by atoms with Gasteiger partial charge < -0.3 is 14.6 Å². The molecule has 1 N–H and O–H groups in total. The summed E-state index contributed by atoms with van der Waals surface area (Å²) in [6.45, 7) is 9.40. The van der Waals surface area contributed by atoms with Crippen LogP contribution in [0.5, 0.6) is 0 Å². The van der Waals surface area contributed by atoms with Crippen molar-refractivity contribution in [2.45, 2.75) is 58.2 Å². The van der Waals surface area contributed by atoms with Crippen LogP contribution in [-0.2, 0) is 0 Å². The van der Waals surface area contributed by atoms with Gasteiger partial charge in [-0.1, -0.05) is 6.42 Å². The molecule has 1 saturated heterocycles. The number of hydrogen-bond acceptors (Lipinski definition) is 3. The predicted octanol–water partition coefficient (Wildman–Crippen LogP) is 3.44. The standard InChI is InChI=1S/C17H28N2O/c1-12(2)19-10-14-6-4-7-15(11-19)17(14)18-13(3)16-8-5-9-20-16/h5,8-9,12-15,17-18H,4,6-7,10-11H2,1-3H3/t13-,14?,15?,17?/m1/s1. The minimum absolute atomic E-state index is 0.323. The number of nitrogens with one attached hydrogen (secondary N) is 1. The number of likely N-dealkylation sites (tertiary alicyclic amines) is 1. The summed E-state index contributed by atoms with van der Waals surface area (Å²) in [5.41, 5.74) is 0. The van der Waals surface area contributed by atoms with E-state index in [0.717, 1.165) is 17.6 Å². The Kier molecular flexibility index (Phi) is 4.18. The molecule has 3 nitrogen and oxygen atoms in total. The van der Waals surface area contributed by atoms with Crippen molar-refractivity contribution in [3.63, 3.8) is 0 Å². The lowest BCUT2D eigenvalue weighted by Gasteiger charge is -2.49. The van der Waals surface area contributed by atoms with Gasteiger partial charge >= 0.3 is 0 Å². The van der Waals surface area contributed by atoms with Crippen LogP contribution in [0.25, 0.3) is 0 Å². The summed E-state index contributed by atoms with van der Waals surface area (Å²) in [6.07, 6.45) is 5.94. The molecule has 20 heavy (non-hydrogen) atoms. The topological polar surface area (TPSA) is 28.4 Å². The fourth-order valence-corrected chi connectivity index (χ4v) is 4.08. The maximum atomic E-state index is 5.55. The van der Waals surface area contributed by atoms with Crippen molar-refractivity contribution in [1.29, 1.82) is 0 Å². The minimum atomic E-state index is 0.323. The molecule has 1 saturated carbocycles. The second kappa shape index (κ2) is 5.90. The van der Waals surface area contributed by atoms with Gasteiger partial charge in [0.15, 0.2) is 0 Å². The van der Waals surface area contributed by atoms with Crippen molar-refractivity contribution in [2.75, 3.05) is 13.1 Å². The predicted molar refractivity (Wildman–Crippen MR) is 81.6 cm³/mol. The molecule has 1 aliphatic heterocycles. The summed E-state index contributed by atoms with van der Waals surface area (Å²) >= 11 is 0. The fourth-order valence-electron chi connectivity index (χ4n) is 4.08. The molecular formula is C17H28N2O. The molecule has 2 heterocycles. The van der Waals surface area contributed by atoms with E-state index in [0.29, 0.717) is 18.1 Å². The van der Waals surface area contributed by atoms with E-state index in [9.17, 15) is 0 Å². The molecule has 112 valence electrons. The van der Waals surface area contributed by atoms with Crippen LogP contribution in [0.3, 0.4) is 0 Å². The van der Waals surface area contributed by atoms with Crippen molar-refractivity contribution >= 4 is 0 Å². The zero-order chi connectivity index (χ0) is 14.1. The lowest BCUT2D eigenvalue weighted by Crippen LogP contribution is -2.58. The lowest BCUT2D eigenvalue weighted by molar-refractivity contribution is 0.0247. The zero-order valence-corrected chi connectivity index (χ0v) is 13.0. The van der Waals surface area contributed by atoms with E-state index in [4.69, 9.17) is 4.42 Å². The third-order valence-corrected chi connectivity index (χ3v) is 5.25. The maximum Gasteiger partial charge on any atom is 0.120 e. The Bertz CT molecular complexity index is 401. The molecule has 2 unspecified atom stereocenters. The number of fused-ring (bicyclic) bond motifs is 2. The molecule has 0 aromatic carbocycles. The molecule has 2 bridgehead atoms. The van der Waals surface area contributed by atoms with Crippen molar-refractivity contribution in [1.82, 2.24) is 10.2 Å². The monoisotopic (exact) mass is 276 g/mol. The summed E-state index contributed by atoms with van der Waals surface area (Å²) in [6, 6.07) is 5.73. The minimum Gasteiger partial charge on any atom is -0.468 e. The summed E-state index contributed by atoms with van der Waals surface area (Å²) < 4.78 is 5.55. The Morgan fingerprint density at radius 3 is 2.45 bits per heavy atom. The van der Waals surface area contributed by atoms with E-state index in [-0.39, 0.29) is 0 Å². The average Bonchev–Trinajstić information content (AvgIpc) is 2.91. The van der Waals surface area contributed by atoms with Crippen LogP contribution in [0, 0.1) is 11.8 Å². The van der Waals surface area contributed by atoms with Gasteiger partial charge in [-0.2, -0.15) is 0 Å².